The van der Waals surface area contributed by atoms with E-state index in [0.29, 0.717) is 5.92 Å². The molecule has 1 amide bonds. The van der Waals surface area contributed by atoms with Crippen LogP contribution in [-0.4, -0.2) is 43.0 Å². The first-order valence-electron chi connectivity index (χ1n) is 7.83. The number of hydrogen-bond acceptors (Lipinski definition) is 3. The lowest BCUT2D eigenvalue weighted by molar-refractivity contribution is -0.121. The monoisotopic (exact) mass is 269 g/mol. The predicted molar refractivity (Wildman–Crippen MR) is 79.9 cm³/mol. The fourth-order valence-corrected chi connectivity index (χ4v) is 3.04. The molecule has 1 unspecified atom stereocenters. The molecule has 1 aliphatic rings. The summed E-state index contributed by atoms with van der Waals surface area (Å²) in [6, 6.07) is -0.136. The molecule has 0 saturated heterocycles. The van der Waals surface area contributed by atoms with Gasteiger partial charge in [-0.05, 0) is 37.8 Å². The van der Waals surface area contributed by atoms with Gasteiger partial charge >= 0.3 is 0 Å². The van der Waals surface area contributed by atoms with Crippen LogP contribution in [-0.2, 0) is 4.79 Å². The second-order valence-electron chi connectivity index (χ2n) is 5.88. The highest BCUT2D eigenvalue weighted by Crippen LogP contribution is 2.30. The van der Waals surface area contributed by atoms with Gasteiger partial charge in [0.2, 0.25) is 5.91 Å². The van der Waals surface area contributed by atoms with E-state index in [0.717, 1.165) is 44.9 Å². The van der Waals surface area contributed by atoms with Crippen LogP contribution in [0.2, 0.25) is 0 Å². The Labute approximate surface area is 118 Å². The highest BCUT2D eigenvalue weighted by molar-refractivity contribution is 5.80. The van der Waals surface area contributed by atoms with Crippen LogP contribution in [0.5, 0.6) is 0 Å². The van der Waals surface area contributed by atoms with Crippen molar-refractivity contribution in [3.8, 4) is 0 Å². The van der Waals surface area contributed by atoms with E-state index in [1.165, 1.54) is 12.8 Å². The van der Waals surface area contributed by atoms with Crippen LogP contribution in [0.15, 0.2) is 0 Å². The van der Waals surface area contributed by atoms with Crippen LogP contribution in [0, 0.1) is 11.8 Å². The van der Waals surface area contributed by atoms with Crippen molar-refractivity contribution < 1.29 is 4.79 Å². The summed E-state index contributed by atoms with van der Waals surface area (Å²) in [5.41, 5.74) is 5.57. The van der Waals surface area contributed by atoms with Gasteiger partial charge in [-0.15, -0.1) is 0 Å². The molecule has 0 aliphatic heterocycles. The number of nitrogens with one attached hydrogen (secondary N) is 1. The minimum Gasteiger partial charge on any atom is -0.368 e. The molecule has 0 aromatic heterocycles. The Bertz CT molecular complexity index is 258. The summed E-state index contributed by atoms with van der Waals surface area (Å²) in [6.45, 7) is 10.6. The summed E-state index contributed by atoms with van der Waals surface area (Å²) < 4.78 is 0. The zero-order valence-corrected chi connectivity index (χ0v) is 12.8. The summed E-state index contributed by atoms with van der Waals surface area (Å²) in [7, 11) is 0. The average molecular weight is 269 g/mol. The van der Waals surface area contributed by atoms with Gasteiger partial charge in [0.05, 0.1) is 6.04 Å². The molecule has 4 heteroatoms. The standard InChI is InChI=1S/C15H31N3O/c1-4-18(5-2)11-10-17-14(15(16)19)13-8-6-12(3)7-9-13/h12-14,17H,4-11H2,1-3H3,(H2,16,19). The number of rotatable bonds is 8. The normalized spacial score (nSPS) is 25.5. The third-order valence-corrected chi connectivity index (χ3v) is 4.53. The maximum absolute atomic E-state index is 11.6. The van der Waals surface area contributed by atoms with Crippen molar-refractivity contribution in [2.45, 2.75) is 52.5 Å². The molecule has 112 valence electrons. The zero-order chi connectivity index (χ0) is 14.3. The molecule has 0 radical (unpaired) electrons. The fraction of sp³-hybridized carbons (Fsp3) is 0.933. The van der Waals surface area contributed by atoms with Gasteiger partial charge in [0, 0.05) is 13.1 Å². The summed E-state index contributed by atoms with van der Waals surface area (Å²) >= 11 is 0. The third-order valence-electron chi connectivity index (χ3n) is 4.53. The van der Waals surface area contributed by atoms with Crippen molar-refractivity contribution in [3.05, 3.63) is 0 Å². The average Bonchev–Trinajstić information content (AvgIpc) is 2.40. The Hall–Kier alpha value is -0.610. The van der Waals surface area contributed by atoms with Crippen LogP contribution in [0.1, 0.15) is 46.5 Å². The first-order valence-corrected chi connectivity index (χ1v) is 7.83. The van der Waals surface area contributed by atoms with Crippen molar-refractivity contribution in [2.24, 2.45) is 17.6 Å². The number of carbonyl (C=O) groups excluding carboxylic acids is 1. The molecular formula is C15H31N3O. The smallest absolute Gasteiger partial charge is 0.234 e. The molecule has 1 saturated carbocycles. The first kappa shape index (κ1) is 16.4. The second-order valence-corrected chi connectivity index (χ2v) is 5.88. The molecule has 1 atom stereocenters. The van der Waals surface area contributed by atoms with Gasteiger partial charge in [0.15, 0.2) is 0 Å². The fourth-order valence-electron chi connectivity index (χ4n) is 3.04. The van der Waals surface area contributed by atoms with Crippen molar-refractivity contribution in [3.63, 3.8) is 0 Å². The van der Waals surface area contributed by atoms with E-state index < -0.39 is 0 Å². The van der Waals surface area contributed by atoms with Crippen LogP contribution in [0.25, 0.3) is 0 Å². The Morgan fingerprint density at radius 1 is 1.26 bits per heavy atom. The van der Waals surface area contributed by atoms with Crippen LogP contribution < -0.4 is 11.1 Å². The summed E-state index contributed by atoms with van der Waals surface area (Å²) in [5.74, 6) is 1.06. The third kappa shape index (κ3) is 5.49. The molecule has 1 fully saturated rings. The van der Waals surface area contributed by atoms with Gasteiger partial charge < -0.3 is 16.0 Å². The molecule has 0 heterocycles. The number of likely N-dealkylation sites (N-methyl/N-ethyl adjacent to an activating group) is 1. The molecule has 0 aromatic rings. The highest BCUT2D eigenvalue weighted by Gasteiger charge is 2.29. The molecule has 1 rings (SSSR count). The number of carbonyl (C=O) groups is 1. The topological polar surface area (TPSA) is 58.4 Å². The van der Waals surface area contributed by atoms with Gasteiger partial charge in [-0.25, -0.2) is 0 Å². The van der Waals surface area contributed by atoms with Crippen LogP contribution in [0.3, 0.4) is 0 Å². The minimum absolute atomic E-state index is 0.136. The summed E-state index contributed by atoms with van der Waals surface area (Å²) in [4.78, 5) is 14.0. The molecule has 1 aliphatic carbocycles. The lowest BCUT2D eigenvalue weighted by atomic mass is 9.79. The van der Waals surface area contributed by atoms with E-state index >= 15 is 0 Å². The molecule has 19 heavy (non-hydrogen) atoms. The van der Waals surface area contributed by atoms with Crippen LogP contribution in [0.4, 0.5) is 0 Å². The number of amides is 1. The largest absolute Gasteiger partial charge is 0.368 e. The Balaban J connectivity index is 2.38. The Morgan fingerprint density at radius 2 is 1.84 bits per heavy atom. The highest BCUT2D eigenvalue weighted by atomic mass is 16.1. The molecular weight excluding hydrogens is 238 g/mol. The van der Waals surface area contributed by atoms with Crippen molar-refractivity contribution in [2.75, 3.05) is 26.2 Å². The predicted octanol–water partition coefficient (Wildman–Crippen LogP) is 1.60. The number of hydrogen-bond donors (Lipinski definition) is 2. The van der Waals surface area contributed by atoms with Crippen molar-refractivity contribution in [1.82, 2.24) is 10.2 Å². The molecule has 4 nitrogen and oxygen atoms in total. The first-order chi connectivity index (χ1) is 9.08. The van der Waals surface area contributed by atoms with E-state index in [2.05, 4.69) is 31.0 Å². The summed E-state index contributed by atoms with van der Waals surface area (Å²) in [5, 5.41) is 3.39. The SMILES string of the molecule is CCN(CC)CCNC(C(N)=O)C1CCC(C)CC1. The zero-order valence-electron chi connectivity index (χ0n) is 12.8. The van der Waals surface area contributed by atoms with Crippen molar-refractivity contribution >= 4 is 5.91 Å². The Kier molecular flexibility index (Phi) is 7.39. The van der Waals surface area contributed by atoms with Gasteiger partial charge in [-0.1, -0.05) is 33.6 Å². The quantitative estimate of drug-likeness (QED) is 0.703. The molecule has 3 N–H and O–H groups in total. The van der Waals surface area contributed by atoms with Crippen molar-refractivity contribution in [1.29, 1.82) is 0 Å². The van der Waals surface area contributed by atoms with E-state index in [9.17, 15) is 4.79 Å². The lowest BCUT2D eigenvalue weighted by Gasteiger charge is -2.32. The molecule has 0 aromatic carbocycles. The lowest BCUT2D eigenvalue weighted by Crippen LogP contribution is -2.49. The Morgan fingerprint density at radius 3 is 2.32 bits per heavy atom. The van der Waals surface area contributed by atoms with E-state index in [1.807, 2.05) is 0 Å². The van der Waals surface area contributed by atoms with Gasteiger partial charge in [-0.3, -0.25) is 4.79 Å². The number of nitrogens with two attached hydrogens (primary N) is 1. The molecule has 0 spiro atoms. The van der Waals surface area contributed by atoms with E-state index in [1.54, 1.807) is 0 Å². The second kappa shape index (κ2) is 8.54. The van der Waals surface area contributed by atoms with Gasteiger partial charge in [-0.2, -0.15) is 0 Å². The van der Waals surface area contributed by atoms with Gasteiger partial charge in [0.1, 0.15) is 0 Å². The minimum atomic E-state index is -0.181. The maximum Gasteiger partial charge on any atom is 0.234 e. The number of primary amides is 1. The number of nitrogens with zero attached hydrogens (tertiary/aromatic N) is 1. The molecule has 0 bridgehead atoms. The van der Waals surface area contributed by atoms with Crippen LogP contribution >= 0.6 is 0 Å². The van der Waals surface area contributed by atoms with E-state index in [4.69, 9.17) is 5.73 Å². The van der Waals surface area contributed by atoms with E-state index in [-0.39, 0.29) is 11.9 Å². The maximum atomic E-state index is 11.6. The van der Waals surface area contributed by atoms with Gasteiger partial charge in [0.25, 0.3) is 0 Å². The summed E-state index contributed by atoms with van der Waals surface area (Å²) in [6.07, 6.45) is 4.72.